The Bertz CT molecular complexity index is 729. The molecule has 0 saturated carbocycles. The summed E-state index contributed by atoms with van der Waals surface area (Å²) >= 11 is 0. The van der Waals surface area contributed by atoms with Crippen molar-refractivity contribution in [3.63, 3.8) is 0 Å². The fourth-order valence-corrected chi connectivity index (χ4v) is 3.82. The number of ether oxygens (including phenoxy) is 1. The van der Waals surface area contributed by atoms with E-state index >= 15 is 0 Å². The minimum Gasteiger partial charge on any atom is -0.382 e. The van der Waals surface area contributed by atoms with E-state index < -0.39 is 76.2 Å². The molecule has 6 atom stereocenters. The number of rotatable bonds is 8. The Hall–Kier alpha value is -1.56. The van der Waals surface area contributed by atoms with Crippen LogP contribution in [0.4, 0.5) is 0 Å². The van der Waals surface area contributed by atoms with Gasteiger partial charge in [-0.3, -0.25) is 19.2 Å². The summed E-state index contributed by atoms with van der Waals surface area (Å²) in [7, 11) is 0. The molecule has 0 aromatic heterocycles. The van der Waals surface area contributed by atoms with Crippen LogP contribution in [0.25, 0.3) is 0 Å². The van der Waals surface area contributed by atoms with Crippen molar-refractivity contribution in [3.05, 3.63) is 0 Å². The third-order valence-corrected chi connectivity index (χ3v) is 5.53. The van der Waals surface area contributed by atoms with Gasteiger partial charge < -0.3 is 30.3 Å². The van der Waals surface area contributed by atoms with Gasteiger partial charge in [-0.25, -0.2) is 0 Å². The zero-order valence-corrected chi connectivity index (χ0v) is 18.2. The van der Waals surface area contributed by atoms with E-state index in [0.29, 0.717) is 0 Å². The number of aliphatic hydroxyl groups excluding tert-OH is 2. The van der Waals surface area contributed by atoms with Gasteiger partial charge >= 0.3 is 0 Å². The molecule has 172 valence electrons. The normalized spacial score (nSPS) is 35.6. The monoisotopic (exact) mass is 432 g/mol. The summed E-state index contributed by atoms with van der Waals surface area (Å²) in [6.45, 7) is 8.64. The lowest BCUT2D eigenvalue weighted by Crippen LogP contribution is -2.88. The number of Topliss-reactive ketones (excluding diaryl/α,β-unsaturated/α-hetero) is 4. The van der Waals surface area contributed by atoms with E-state index in [2.05, 4.69) is 0 Å². The molecule has 1 aliphatic rings. The second-order valence-electron chi connectivity index (χ2n) is 8.76. The van der Waals surface area contributed by atoms with Crippen LogP contribution >= 0.6 is 0 Å². The first-order chi connectivity index (χ1) is 13.4. The molecule has 1 rings (SSSR count). The molecule has 10 nitrogen and oxygen atoms in total. The highest BCUT2D eigenvalue weighted by atomic mass is 16.7. The third-order valence-electron chi connectivity index (χ3n) is 5.53. The summed E-state index contributed by atoms with van der Waals surface area (Å²) in [6, 6.07) is 0. The van der Waals surface area contributed by atoms with Gasteiger partial charge in [0.25, 0.3) is 0 Å². The Balaban J connectivity index is 4.12. The van der Waals surface area contributed by atoms with Crippen LogP contribution in [0.2, 0.25) is 0 Å². The Morgan fingerprint density at radius 2 is 1.13 bits per heavy atom. The molecule has 0 amide bonds. The fraction of sp³-hybridized carbons (Fsp3) is 0.800. The van der Waals surface area contributed by atoms with Gasteiger partial charge in [0.15, 0.2) is 35.0 Å². The van der Waals surface area contributed by atoms with Crippen molar-refractivity contribution >= 4 is 23.1 Å². The summed E-state index contributed by atoms with van der Waals surface area (Å²) in [6.07, 6.45) is -7.25. The average molecular weight is 432 g/mol. The molecule has 0 aromatic carbocycles. The van der Waals surface area contributed by atoms with Crippen LogP contribution in [0.5, 0.6) is 0 Å². The van der Waals surface area contributed by atoms with Gasteiger partial charge in [-0.15, -0.1) is 0 Å². The second kappa shape index (κ2) is 8.52. The summed E-state index contributed by atoms with van der Waals surface area (Å²) in [4.78, 5) is 51.0. The van der Waals surface area contributed by atoms with E-state index in [1.54, 1.807) is 0 Å². The van der Waals surface area contributed by atoms with Gasteiger partial charge in [0.2, 0.25) is 11.2 Å². The maximum atomic E-state index is 13.2. The molecule has 30 heavy (non-hydrogen) atoms. The first-order valence-electron chi connectivity index (χ1n) is 9.75. The van der Waals surface area contributed by atoms with Crippen LogP contribution in [-0.4, -0.2) is 84.0 Å². The lowest BCUT2D eigenvalue weighted by atomic mass is 9.56. The molecule has 0 radical (unpaired) electrons. The molecular formula is C20H32O10. The van der Waals surface area contributed by atoms with Crippen molar-refractivity contribution in [1.29, 1.82) is 0 Å². The molecule has 1 aliphatic heterocycles. The molecule has 5 N–H and O–H groups in total. The molecular weight excluding hydrogens is 400 g/mol. The number of carbonyl (C=O) groups is 4. The molecule has 0 bridgehead atoms. The number of hydrogen-bond acceptors (Lipinski definition) is 10. The molecule has 0 spiro atoms. The first-order valence-corrected chi connectivity index (χ1v) is 9.75. The Morgan fingerprint density at radius 3 is 1.47 bits per heavy atom. The SMILES string of the molecule is CC(=O)C(O)[C@H]1OC(O)[C@@](O)(C(=O)C(C)C)[C@](O)(C(=O)C(C)C)[C@@]1(O)C(=O)C(C)C. The van der Waals surface area contributed by atoms with Crippen molar-refractivity contribution in [1.82, 2.24) is 0 Å². The molecule has 2 unspecified atom stereocenters. The average Bonchev–Trinajstić information content (AvgIpc) is 2.65. The Labute approximate surface area is 174 Å². The van der Waals surface area contributed by atoms with Gasteiger partial charge in [0.1, 0.15) is 12.2 Å². The number of aliphatic hydroxyl groups is 5. The quantitative estimate of drug-likeness (QED) is 0.304. The first kappa shape index (κ1) is 26.5. The molecule has 1 saturated heterocycles. The number of ketones is 4. The highest BCUT2D eigenvalue weighted by molar-refractivity contribution is 6.08. The predicted octanol–water partition coefficient (Wildman–Crippen LogP) is -1.48. The third kappa shape index (κ3) is 3.45. The summed E-state index contributed by atoms with van der Waals surface area (Å²) in [5.41, 5.74) is -10.5. The minimum absolute atomic E-state index is 0.893. The molecule has 1 fully saturated rings. The number of hydrogen-bond donors (Lipinski definition) is 5. The topological polar surface area (TPSA) is 179 Å². The lowest BCUT2D eigenvalue weighted by molar-refractivity contribution is -0.366. The highest BCUT2D eigenvalue weighted by Crippen LogP contribution is 2.49. The molecule has 0 aromatic rings. The maximum absolute atomic E-state index is 13.2. The maximum Gasteiger partial charge on any atom is 0.213 e. The van der Waals surface area contributed by atoms with Crippen LogP contribution in [-0.2, 0) is 23.9 Å². The summed E-state index contributed by atoms with van der Waals surface area (Å²) in [5.74, 6) is -8.23. The highest BCUT2D eigenvalue weighted by Gasteiger charge is 2.81. The largest absolute Gasteiger partial charge is 0.382 e. The second-order valence-corrected chi connectivity index (χ2v) is 8.76. The zero-order valence-electron chi connectivity index (χ0n) is 18.2. The van der Waals surface area contributed by atoms with Gasteiger partial charge in [-0.1, -0.05) is 41.5 Å². The molecule has 10 heteroatoms. The van der Waals surface area contributed by atoms with Crippen LogP contribution in [0.15, 0.2) is 0 Å². The van der Waals surface area contributed by atoms with E-state index in [4.69, 9.17) is 4.74 Å². The molecule has 1 heterocycles. The summed E-state index contributed by atoms with van der Waals surface area (Å²) < 4.78 is 5.04. The van der Waals surface area contributed by atoms with E-state index in [-0.39, 0.29) is 0 Å². The van der Waals surface area contributed by atoms with Crippen molar-refractivity contribution < 1.29 is 49.4 Å². The fourth-order valence-electron chi connectivity index (χ4n) is 3.82. The van der Waals surface area contributed by atoms with Gasteiger partial charge in [0.05, 0.1) is 0 Å². The van der Waals surface area contributed by atoms with E-state index in [1.165, 1.54) is 41.5 Å². The Morgan fingerprint density at radius 1 is 0.767 bits per heavy atom. The zero-order chi connectivity index (χ0) is 24.0. The van der Waals surface area contributed by atoms with Crippen molar-refractivity contribution in [2.75, 3.05) is 0 Å². The van der Waals surface area contributed by atoms with Crippen LogP contribution < -0.4 is 0 Å². The van der Waals surface area contributed by atoms with Crippen molar-refractivity contribution in [2.45, 2.75) is 83.8 Å². The van der Waals surface area contributed by atoms with E-state index in [0.717, 1.165) is 6.92 Å². The number of carbonyl (C=O) groups excluding carboxylic acids is 4. The van der Waals surface area contributed by atoms with Crippen molar-refractivity contribution in [3.8, 4) is 0 Å². The van der Waals surface area contributed by atoms with E-state index in [1.807, 2.05) is 0 Å². The standard InChI is InChI=1S/C20H32O10/c1-8(2)13(23)18(27)16(12(22)11(7)21)30-17(26)19(28,14(24)9(3)4)20(18,29)15(25)10(5)6/h8-10,12,16-17,22,26-29H,1-7H3/t12?,16-,17?,18-,19+,20+/m1/s1. The summed E-state index contributed by atoms with van der Waals surface area (Å²) in [5, 5.41) is 55.2. The van der Waals surface area contributed by atoms with E-state index in [9.17, 15) is 44.7 Å². The lowest BCUT2D eigenvalue weighted by Gasteiger charge is -2.58. The van der Waals surface area contributed by atoms with Crippen LogP contribution in [0, 0.1) is 17.8 Å². The molecule has 0 aliphatic carbocycles. The predicted molar refractivity (Wildman–Crippen MR) is 102 cm³/mol. The van der Waals surface area contributed by atoms with Crippen molar-refractivity contribution in [2.24, 2.45) is 17.8 Å². The minimum atomic E-state index is -3.63. The van der Waals surface area contributed by atoms with Gasteiger partial charge in [-0.05, 0) is 6.92 Å². The smallest absolute Gasteiger partial charge is 0.213 e. The van der Waals surface area contributed by atoms with Gasteiger partial charge in [-0.2, -0.15) is 0 Å². The van der Waals surface area contributed by atoms with Crippen LogP contribution in [0.1, 0.15) is 48.5 Å². The van der Waals surface area contributed by atoms with Gasteiger partial charge in [0, 0.05) is 17.8 Å². The Kier molecular flexibility index (Phi) is 7.52. The van der Waals surface area contributed by atoms with Crippen LogP contribution in [0.3, 0.4) is 0 Å².